The molecule has 0 amide bonds. The van der Waals surface area contributed by atoms with Crippen LogP contribution < -0.4 is 0 Å². The van der Waals surface area contributed by atoms with E-state index in [1.165, 1.54) is 10.8 Å². The molecule has 1 aliphatic carbocycles. The third-order valence-corrected chi connectivity index (χ3v) is 3.95. The van der Waals surface area contributed by atoms with E-state index in [1.807, 2.05) is 10.8 Å². The number of aromatic nitrogens is 2. The molecule has 1 aromatic heterocycles. The lowest BCUT2D eigenvalue weighted by molar-refractivity contribution is 0.0922. The molecule has 1 heterocycles. The number of imidazole rings is 1. The van der Waals surface area contributed by atoms with Crippen molar-refractivity contribution in [1.29, 1.82) is 0 Å². The van der Waals surface area contributed by atoms with Gasteiger partial charge in [-0.25, -0.2) is 4.98 Å². The second-order valence-corrected chi connectivity index (χ2v) is 5.76. The second kappa shape index (κ2) is 4.03. The maximum absolute atomic E-state index is 10.2. The van der Waals surface area contributed by atoms with Crippen LogP contribution in [0.15, 0.2) is 12.5 Å². The van der Waals surface area contributed by atoms with Gasteiger partial charge in [0.15, 0.2) is 0 Å². The van der Waals surface area contributed by atoms with Crippen molar-refractivity contribution in [2.24, 2.45) is 5.92 Å². The van der Waals surface area contributed by atoms with Gasteiger partial charge in [-0.2, -0.15) is 0 Å². The minimum absolute atomic E-state index is 0.226. The van der Waals surface area contributed by atoms with Gasteiger partial charge in [0.1, 0.15) is 0 Å². The summed E-state index contributed by atoms with van der Waals surface area (Å²) in [5, 5.41) is 10.2. The highest BCUT2D eigenvalue weighted by molar-refractivity contribution is 8.68. The topological polar surface area (TPSA) is 38.0 Å². The summed E-state index contributed by atoms with van der Waals surface area (Å²) in [4.78, 5) is 4.33. The van der Waals surface area contributed by atoms with Crippen molar-refractivity contribution in [2.75, 3.05) is 0 Å². The Bertz CT molecular complexity index is 353. The van der Waals surface area contributed by atoms with E-state index in [-0.39, 0.29) is 5.92 Å². The van der Waals surface area contributed by atoms with Gasteiger partial charge < -0.3 is 9.67 Å². The molecule has 0 aromatic carbocycles. The highest BCUT2D eigenvalue weighted by Crippen LogP contribution is 2.55. The molecule has 2 unspecified atom stereocenters. The lowest BCUT2D eigenvalue weighted by atomic mass is 10.0. The first-order chi connectivity index (χ1) is 7.08. The van der Waals surface area contributed by atoms with E-state index in [0.717, 1.165) is 18.0 Å². The molecule has 84 valence electrons. The van der Waals surface area contributed by atoms with Crippen LogP contribution in [-0.4, -0.2) is 20.3 Å². The smallest absolute Gasteiger partial charge is 0.0957 e. The van der Waals surface area contributed by atoms with Gasteiger partial charge in [0.25, 0.3) is 0 Å². The minimum Gasteiger partial charge on any atom is -0.389 e. The summed E-state index contributed by atoms with van der Waals surface area (Å²) in [6, 6.07) is 0. The predicted molar refractivity (Wildman–Crippen MR) is 65.9 cm³/mol. The fourth-order valence-corrected chi connectivity index (χ4v) is 2.64. The van der Waals surface area contributed by atoms with Gasteiger partial charge in [-0.05, 0) is 12.3 Å². The number of hydrogen-bond donors (Lipinski definition) is 2. The zero-order valence-corrected chi connectivity index (χ0v) is 10.6. The molecular weight excluding hydrogens is 228 g/mol. The van der Waals surface area contributed by atoms with Crippen LogP contribution in [0, 0.1) is 5.92 Å². The Morgan fingerprint density at radius 2 is 2.53 bits per heavy atom. The molecule has 3 nitrogen and oxygen atoms in total. The standard InChI is InChI=1S/C10H16N2OS2/c1-7(2)10(13)3-8(10)9-4-12(5-11-9)6-15-14/h4-5,7-8,13-14H,3,6H2,1-2H3. The molecular formula is C10H16N2OS2. The Hall–Kier alpha value is -0.130. The SMILES string of the molecule is CC(C)C1(O)CC1c1cn(CSS)cn1. The van der Waals surface area contributed by atoms with Crippen molar-refractivity contribution in [3.8, 4) is 0 Å². The van der Waals surface area contributed by atoms with E-state index < -0.39 is 5.60 Å². The summed E-state index contributed by atoms with van der Waals surface area (Å²) >= 11 is 4.09. The van der Waals surface area contributed by atoms with Crippen molar-refractivity contribution >= 4 is 22.5 Å². The third-order valence-electron chi connectivity index (χ3n) is 3.19. The average molecular weight is 244 g/mol. The Kier molecular flexibility index (Phi) is 3.05. The zero-order chi connectivity index (χ0) is 11.1. The highest BCUT2D eigenvalue weighted by atomic mass is 33.1. The normalized spacial score (nSPS) is 29.8. The molecule has 15 heavy (non-hydrogen) atoms. The van der Waals surface area contributed by atoms with Gasteiger partial charge in [-0.1, -0.05) is 24.6 Å². The number of hydrogen-bond acceptors (Lipinski definition) is 4. The van der Waals surface area contributed by atoms with Crippen LogP contribution in [0.3, 0.4) is 0 Å². The van der Waals surface area contributed by atoms with Crippen LogP contribution in [0.5, 0.6) is 0 Å². The van der Waals surface area contributed by atoms with E-state index in [2.05, 4.69) is 30.5 Å². The van der Waals surface area contributed by atoms with Crippen LogP contribution in [0.4, 0.5) is 0 Å². The molecule has 0 spiro atoms. The van der Waals surface area contributed by atoms with Crippen molar-refractivity contribution in [1.82, 2.24) is 9.55 Å². The van der Waals surface area contributed by atoms with Gasteiger partial charge in [0.2, 0.25) is 0 Å². The summed E-state index contributed by atoms with van der Waals surface area (Å²) in [6.07, 6.45) is 4.65. The van der Waals surface area contributed by atoms with Crippen LogP contribution in [0.2, 0.25) is 0 Å². The molecule has 2 atom stereocenters. The maximum atomic E-state index is 10.2. The zero-order valence-electron chi connectivity index (χ0n) is 8.92. The molecule has 2 rings (SSSR count). The molecule has 1 aliphatic rings. The number of rotatable bonds is 4. The Morgan fingerprint density at radius 1 is 1.80 bits per heavy atom. The van der Waals surface area contributed by atoms with Gasteiger partial charge in [0.05, 0.1) is 23.5 Å². The van der Waals surface area contributed by atoms with E-state index >= 15 is 0 Å². The molecule has 1 fully saturated rings. The average Bonchev–Trinajstić information content (AvgIpc) is 2.69. The monoisotopic (exact) mass is 244 g/mol. The second-order valence-electron chi connectivity index (χ2n) is 4.47. The summed E-state index contributed by atoms with van der Waals surface area (Å²) in [5.41, 5.74) is 0.487. The van der Waals surface area contributed by atoms with Crippen molar-refractivity contribution < 1.29 is 5.11 Å². The fraction of sp³-hybridized carbons (Fsp3) is 0.700. The quantitative estimate of drug-likeness (QED) is 0.630. The van der Waals surface area contributed by atoms with Crippen LogP contribution >= 0.6 is 22.5 Å². The van der Waals surface area contributed by atoms with Gasteiger partial charge in [-0.3, -0.25) is 0 Å². The Balaban J connectivity index is 2.06. The molecule has 1 saturated carbocycles. The molecule has 1 N–H and O–H groups in total. The predicted octanol–water partition coefficient (Wildman–Crippen LogP) is 2.29. The van der Waals surface area contributed by atoms with Crippen molar-refractivity contribution in [3.63, 3.8) is 0 Å². The number of aliphatic hydroxyl groups is 1. The molecule has 0 bridgehead atoms. The first-order valence-corrected chi connectivity index (χ1v) is 7.12. The van der Waals surface area contributed by atoms with Crippen LogP contribution in [0.1, 0.15) is 31.9 Å². The van der Waals surface area contributed by atoms with E-state index in [4.69, 9.17) is 0 Å². The first-order valence-electron chi connectivity index (χ1n) is 5.08. The first kappa shape index (κ1) is 11.4. The van der Waals surface area contributed by atoms with Gasteiger partial charge >= 0.3 is 0 Å². The highest BCUT2D eigenvalue weighted by Gasteiger charge is 2.56. The van der Waals surface area contributed by atoms with Gasteiger partial charge in [-0.15, -0.1) is 11.7 Å². The largest absolute Gasteiger partial charge is 0.389 e. The van der Waals surface area contributed by atoms with E-state index in [9.17, 15) is 5.11 Å². The van der Waals surface area contributed by atoms with Crippen LogP contribution in [0.25, 0.3) is 0 Å². The lowest BCUT2D eigenvalue weighted by Gasteiger charge is -2.13. The van der Waals surface area contributed by atoms with E-state index in [1.54, 1.807) is 6.33 Å². The summed E-state index contributed by atoms with van der Waals surface area (Å²) in [6.45, 7) is 4.11. The molecule has 0 aliphatic heterocycles. The maximum Gasteiger partial charge on any atom is 0.0957 e. The minimum atomic E-state index is -0.521. The molecule has 0 radical (unpaired) electrons. The van der Waals surface area contributed by atoms with Crippen molar-refractivity contribution in [3.05, 3.63) is 18.2 Å². The van der Waals surface area contributed by atoms with Crippen molar-refractivity contribution in [2.45, 2.75) is 37.7 Å². The Morgan fingerprint density at radius 3 is 3.07 bits per heavy atom. The number of thiol groups is 1. The van der Waals surface area contributed by atoms with Gasteiger partial charge in [0, 0.05) is 12.1 Å². The number of nitrogens with zero attached hydrogens (tertiary/aromatic N) is 2. The molecule has 5 heteroatoms. The summed E-state index contributed by atoms with van der Waals surface area (Å²) in [5.74, 6) is 1.32. The fourth-order valence-electron chi connectivity index (χ4n) is 1.96. The summed E-state index contributed by atoms with van der Waals surface area (Å²) < 4.78 is 1.99. The van der Waals surface area contributed by atoms with Crippen LogP contribution in [-0.2, 0) is 5.88 Å². The third kappa shape index (κ3) is 2.05. The lowest BCUT2D eigenvalue weighted by Crippen LogP contribution is -2.18. The Labute approximate surface area is 99.1 Å². The van der Waals surface area contributed by atoms with E-state index in [0.29, 0.717) is 5.92 Å². The summed E-state index contributed by atoms with van der Waals surface area (Å²) in [7, 11) is 1.46. The molecule has 1 aromatic rings. The molecule has 0 saturated heterocycles.